The lowest BCUT2D eigenvalue weighted by Crippen LogP contribution is -2.58. The molecule has 5 aliphatic rings. The number of thioether (sulfide) groups is 1. The number of likely N-dealkylation sites (tertiary alicyclic amines) is 2. The zero-order valence-electron chi connectivity index (χ0n) is 46.6. The molecule has 1 unspecified atom stereocenters. The number of likely N-dealkylation sites (N-methyl/N-ethyl adjacent to an activating group) is 1. The molecule has 0 aliphatic carbocycles. The molecule has 3 fully saturated rings. The zero-order valence-corrected chi connectivity index (χ0v) is 47.4. The maximum absolute atomic E-state index is 14.7. The maximum atomic E-state index is 14.7. The normalized spacial score (nSPS) is 19.8. The number of benzene rings is 2. The van der Waals surface area contributed by atoms with Crippen molar-refractivity contribution in [2.75, 3.05) is 63.2 Å². The number of aliphatic imine (C=N–C) groups is 1. The molecule has 5 aliphatic heterocycles. The molecule has 0 spiro atoms. The maximum Gasteiger partial charge on any atom is 0.262 e. The molecule has 0 radical (unpaired) electrons. The van der Waals surface area contributed by atoms with Gasteiger partial charge in [-0.1, -0.05) is 51.0 Å². The lowest BCUT2D eigenvalue weighted by Gasteiger charge is -2.38. The van der Waals surface area contributed by atoms with Crippen LogP contribution in [0.3, 0.4) is 0 Å². The van der Waals surface area contributed by atoms with E-state index in [2.05, 4.69) is 32.4 Å². The van der Waals surface area contributed by atoms with Gasteiger partial charge in [0.25, 0.3) is 11.7 Å². The molecule has 5 N–H and O–H groups in total. The van der Waals surface area contributed by atoms with E-state index in [0.717, 1.165) is 67.5 Å². The molecular weight excluding hydrogens is 1050 g/mol. The van der Waals surface area contributed by atoms with Crippen LogP contribution >= 0.6 is 11.8 Å². The number of unbranched alkanes of at least 4 members (excludes halogenated alkanes) is 5. The van der Waals surface area contributed by atoms with Gasteiger partial charge in [0, 0.05) is 57.4 Å². The third-order valence-corrected chi connectivity index (χ3v) is 17.7. The molecule has 9 rings (SSSR count). The minimum Gasteiger partial charge on any atom is -0.381 e. The van der Waals surface area contributed by atoms with Crippen LogP contribution in [-0.2, 0) is 32.3 Å². The molecule has 22 heteroatoms. The van der Waals surface area contributed by atoms with Crippen LogP contribution in [0.15, 0.2) is 60.2 Å². The van der Waals surface area contributed by atoms with E-state index in [1.165, 1.54) is 46.1 Å². The third-order valence-electron chi connectivity index (χ3n) is 16.6. The van der Waals surface area contributed by atoms with Gasteiger partial charge in [0.2, 0.25) is 23.6 Å². The first kappa shape index (κ1) is 58.4. The fraction of sp³-hybridized carbons (Fsp3) is 0.525. The Kier molecular flexibility index (Phi) is 19.2. The van der Waals surface area contributed by atoms with Gasteiger partial charge in [-0.3, -0.25) is 29.0 Å². The van der Waals surface area contributed by atoms with Crippen LogP contribution < -0.4 is 26.6 Å². The van der Waals surface area contributed by atoms with Crippen molar-refractivity contribution < 1.29 is 32.8 Å². The van der Waals surface area contributed by atoms with Gasteiger partial charge in [0.15, 0.2) is 11.6 Å². The number of rotatable bonds is 20. The first-order valence-corrected chi connectivity index (χ1v) is 29.5. The average molecular weight is 1130 g/mol. The quantitative estimate of drug-likeness (QED) is 0.0501. The lowest BCUT2D eigenvalue weighted by atomic mass is 9.87. The van der Waals surface area contributed by atoms with Crippen LogP contribution in [0.5, 0.6) is 0 Å². The minimum atomic E-state index is -0.737. The standard InChI is InChI=1S/C59H74F2N14O5S/c1-36(38-18-20-40(60)21-19-38)46-35-81-57(68-46)48-15-13-28-74(48)59(80)52(69-56(78)37(2)63-3)39-24-29-72(30-25-39)50(77)17-11-9-7-6-8-10-16-49(76)65-26-31-75-54(64-4)51-44-33-66-53(62)55(67-44)73-27-12-14-47(73)43-32-41(61)22-23-42(43)58(79)71(5)34-45(51)70-75/h18-23,32-33,37,39,46-48,52,63H,1,6-17,24-31,34-35H2,2-3,5H3,(H2,62,66)(H,65,76)(H,69,78)/t37-,46?,47-,48-,52-/m1/s1. The Hall–Kier alpha value is -7.25. The van der Waals surface area contributed by atoms with Crippen molar-refractivity contribution in [2.24, 2.45) is 10.9 Å². The Balaban J connectivity index is 0.706. The number of nitrogens with two attached hydrogens (primary N) is 1. The molecule has 4 aromatic rings. The molecular formula is C59H74F2N14O5S. The third kappa shape index (κ3) is 13.4. The SMILES string of the molecule is [C-]#[N+]c1c2c(nn1CCNC(=O)CCCCCCCCC(=O)N1CCC([C@@H](NC(=O)[C@@H](C)NC)C(=O)N3CCC[C@@H]3C3=NC(C(=C)c4ccc(F)cc4)CS3)CC1)CN(C)C(=O)c1ccc(F)cc1[C@H]1CCCN1c1nc-2cnc1N. The highest BCUT2D eigenvalue weighted by Crippen LogP contribution is 2.42. The number of nitrogens with one attached hydrogen (secondary N) is 3. The number of halogens is 2. The van der Waals surface area contributed by atoms with Gasteiger partial charge in [0.1, 0.15) is 29.9 Å². The summed E-state index contributed by atoms with van der Waals surface area (Å²) >= 11 is 1.63. The second-order valence-corrected chi connectivity index (χ2v) is 22.9. The number of aromatic nitrogens is 4. The number of nitrogens with zero attached hydrogens (tertiary/aromatic N) is 10. The molecule has 0 saturated carbocycles. The highest BCUT2D eigenvalue weighted by Gasteiger charge is 2.43. The van der Waals surface area contributed by atoms with Gasteiger partial charge in [-0.05, 0) is 118 Å². The number of fused-ring (bicyclic) bond motifs is 8. The largest absolute Gasteiger partial charge is 0.381 e. The lowest BCUT2D eigenvalue weighted by molar-refractivity contribution is -0.139. The molecule has 2 aromatic heterocycles. The highest BCUT2D eigenvalue weighted by atomic mass is 32.2. The van der Waals surface area contributed by atoms with Crippen LogP contribution in [0, 0.1) is 24.1 Å². The fourth-order valence-corrected chi connectivity index (χ4v) is 13.1. The van der Waals surface area contributed by atoms with Crippen LogP contribution in [0.4, 0.5) is 26.2 Å². The van der Waals surface area contributed by atoms with Crippen molar-refractivity contribution in [3.8, 4) is 11.3 Å². The summed E-state index contributed by atoms with van der Waals surface area (Å²) in [6, 6.07) is 8.48. The Bertz CT molecular complexity index is 3070. The van der Waals surface area contributed by atoms with Crippen molar-refractivity contribution in [3.05, 3.63) is 101 Å². The minimum absolute atomic E-state index is 0.0311. The predicted octanol–water partition coefficient (Wildman–Crippen LogP) is 7.46. The monoisotopic (exact) mass is 1130 g/mol. The second kappa shape index (κ2) is 26.6. The van der Waals surface area contributed by atoms with E-state index in [9.17, 15) is 32.8 Å². The van der Waals surface area contributed by atoms with Crippen LogP contribution in [0.1, 0.15) is 130 Å². The molecule has 5 atom stereocenters. The van der Waals surface area contributed by atoms with E-state index in [0.29, 0.717) is 104 Å². The van der Waals surface area contributed by atoms with Crippen molar-refractivity contribution in [2.45, 2.75) is 140 Å². The molecule has 81 heavy (non-hydrogen) atoms. The number of carbonyl (C=O) groups is 5. The van der Waals surface area contributed by atoms with Crippen LogP contribution in [0.25, 0.3) is 21.7 Å². The van der Waals surface area contributed by atoms with Crippen molar-refractivity contribution in [3.63, 3.8) is 0 Å². The van der Waals surface area contributed by atoms with E-state index in [1.54, 1.807) is 44.9 Å². The zero-order chi connectivity index (χ0) is 57.3. The second-order valence-electron chi connectivity index (χ2n) is 21.9. The molecule has 7 heterocycles. The fourth-order valence-electron chi connectivity index (χ4n) is 11.9. The summed E-state index contributed by atoms with van der Waals surface area (Å²) in [6.45, 7) is 16.8. The van der Waals surface area contributed by atoms with Gasteiger partial charge in [-0.2, -0.15) is 4.68 Å². The average Bonchev–Trinajstić information content (AvgIpc) is 4.33. The summed E-state index contributed by atoms with van der Waals surface area (Å²) in [5.41, 5.74) is 10.2. The number of amides is 5. The Morgan fingerprint density at radius 2 is 1.63 bits per heavy atom. The highest BCUT2D eigenvalue weighted by molar-refractivity contribution is 8.14. The van der Waals surface area contributed by atoms with Crippen LogP contribution in [-0.4, -0.2) is 146 Å². The van der Waals surface area contributed by atoms with Gasteiger partial charge < -0.3 is 46.1 Å². The van der Waals surface area contributed by atoms with E-state index in [-0.39, 0.29) is 90.7 Å². The summed E-state index contributed by atoms with van der Waals surface area (Å²) in [6.07, 6.45) is 11.5. The molecule has 2 aromatic carbocycles. The summed E-state index contributed by atoms with van der Waals surface area (Å²) in [5.74, 6) is -0.145. The van der Waals surface area contributed by atoms with Crippen LogP contribution in [0.2, 0.25) is 0 Å². The number of piperidine rings is 1. The number of carbonyl (C=O) groups excluding carboxylic acids is 5. The van der Waals surface area contributed by atoms with E-state index in [4.69, 9.17) is 27.4 Å². The number of anilines is 2. The van der Waals surface area contributed by atoms with Gasteiger partial charge in [-0.25, -0.2) is 18.7 Å². The Labute approximate surface area is 476 Å². The number of hydrogen-bond acceptors (Lipinski definition) is 13. The van der Waals surface area contributed by atoms with Crippen molar-refractivity contribution in [1.29, 1.82) is 0 Å². The number of hydrogen-bond donors (Lipinski definition) is 4. The summed E-state index contributed by atoms with van der Waals surface area (Å²) < 4.78 is 29.9. The summed E-state index contributed by atoms with van der Waals surface area (Å²) in [7, 11) is 3.35. The summed E-state index contributed by atoms with van der Waals surface area (Å²) in [4.78, 5) is 93.8. The predicted molar refractivity (Wildman–Crippen MR) is 309 cm³/mol. The van der Waals surface area contributed by atoms with Gasteiger partial charge in [-0.15, -0.1) is 16.9 Å². The summed E-state index contributed by atoms with van der Waals surface area (Å²) in [5, 5.41) is 14.7. The van der Waals surface area contributed by atoms with E-state index >= 15 is 0 Å². The molecule has 3 saturated heterocycles. The molecule has 5 amide bonds. The Morgan fingerprint density at radius 3 is 2.37 bits per heavy atom. The van der Waals surface area contributed by atoms with Crippen molar-refractivity contribution in [1.82, 2.24) is 50.4 Å². The number of nitrogen functional groups attached to an aromatic ring is 1. The molecule has 19 nitrogen and oxygen atoms in total. The smallest absolute Gasteiger partial charge is 0.262 e. The molecule has 430 valence electrons. The topological polar surface area (TPSA) is 221 Å². The van der Waals surface area contributed by atoms with Gasteiger partial charge >= 0.3 is 0 Å². The van der Waals surface area contributed by atoms with Gasteiger partial charge in [0.05, 0.1) is 59.8 Å². The first-order valence-electron chi connectivity index (χ1n) is 28.5. The Morgan fingerprint density at radius 1 is 0.926 bits per heavy atom. The van der Waals surface area contributed by atoms with E-state index in [1.807, 2.05) is 14.7 Å². The first-order chi connectivity index (χ1) is 39.1. The van der Waals surface area contributed by atoms with E-state index < -0.39 is 17.9 Å². The van der Waals surface area contributed by atoms with Crippen molar-refractivity contribution >= 4 is 69.4 Å². The molecule has 2 bridgehead atoms.